The lowest BCUT2D eigenvalue weighted by atomic mass is 9.81. The van der Waals surface area contributed by atoms with E-state index in [9.17, 15) is 39.9 Å². The Morgan fingerprint density at radius 2 is 1.91 bits per heavy atom. The van der Waals surface area contributed by atoms with Gasteiger partial charge in [0.25, 0.3) is 5.91 Å². The number of nitrogens with zero attached hydrogens (tertiary/aromatic N) is 2. The molecule has 1 aromatic heterocycles. The number of carbonyl (C=O) groups excluding carboxylic acids is 2. The maximum absolute atomic E-state index is 12.8. The van der Waals surface area contributed by atoms with Gasteiger partial charge in [0.05, 0.1) is 37.5 Å². The van der Waals surface area contributed by atoms with Crippen LogP contribution in [0.4, 0.5) is 0 Å². The molecule has 0 radical (unpaired) electrons. The van der Waals surface area contributed by atoms with Crippen LogP contribution in [0.1, 0.15) is 52.9 Å². The van der Waals surface area contributed by atoms with Gasteiger partial charge < -0.3 is 45.6 Å². The van der Waals surface area contributed by atoms with E-state index < -0.39 is 60.4 Å². The molecular formula is C31H42N4O10. The average Bonchev–Trinajstić information content (AvgIpc) is 3.02. The number of hydrogen-bond acceptors (Lipinski definition) is 11. The van der Waals surface area contributed by atoms with Crippen molar-refractivity contribution in [1.29, 1.82) is 0 Å². The van der Waals surface area contributed by atoms with Gasteiger partial charge in [0.15, 0.2) is 5.60 Å². The average molecular weight is 631 g/mol. The molecule has 4 rings (SSSR count). The third kappa shape index (κ3) is 7.95. The van der Waals surface area contributed by atoms with Gasteiger partial charge in [-0.25, -0.2) is 4.79 Å². The summed E-state index contributed by atoms with van der Waals surface area (Å²) in [7, 11) is 0. The molecule has 1 aromatic carbocycles. The Morgan fingerprint density at radius 1 is 1.20 bits per heavy atom. The summed E-state index contributed by atoms with van der Waals surface area (Å²) < 4.78 is 11.7. The number of nitrogens with one attached hydrogen (secondary N) is 2. The number of benzene rings is 1. The van der Waals surface area contributed by atoms with Crippen LogP contribution >= 0.6 is 0 Å². The molecule has 2 aliphatic heterocycles. The number of aromatic hydroxyl groups is 1. The zero-order chi connectivity index (χ0) is 32.9. The van der Waals surface area contributed by atoms with Crippen molar-refractivity contribution in [3.05, 3.63) is 58.9 Å². The lowest BCUT2D eigenvalue weighted by molar-refractivity contribution is -0.230. The molecule has 2 saturated heterocycles. The lowest BCUT2D eigenvalue weighted by Gasteiger charge is -2.48. The third-order valence-corrected chi connectivity index (χ3v) is 8.50. The van der Waals surface area contributed by atoms with Crippen LogP contribution in [0.3, 0.4) is 0 Å². The van der Waals surface area contributed by atoms with Crippen molar-refractivity contribution in [2.45, 2.75) is 75.7 Å². The largest absolute Gasteiger partial charge is 0.507 e. The van der Waals surface area contributed by atoms with Crippen molar-refractivity contribution >= 4 is 17.8 Å². The number of carbonyl (C=O) groups is 3. The topological polar surface area (TPSA) is 211 Å². The van der Waals surface area contributed by atoms with E-state index in [-0.39, 0.29) is 36.7 Å². The van der Waals surface area contributed by atoms with Crippen LogP contribution in [-0.4, -0.2) is 122 Å². The SMILES string of the molecule is CC(=O)N[C@H]1[C@H]([C@H](O)[C@H](O)CNC(=O)c2cc(C)c(O)c(C)c2)O[C@@](CCN2CCOCC2c2cccnc2)(C(=O)O)C[C@@H]1O. The van der Waals surface area contributed by atoms with Crippen LogP contribution in [0.15, 0.2) is 36.7 Å². The number of hydrogen-bond donors (Lipinski definition) is 7. The fraction of sp³-hybridized carbons (Fsp3) is 0.548. The summed E-state index contributed by atoms with van der Waals surface area (Å²) in [5, 5.41) is 58.7. The van der Waals surface area contributed by atoms with Gasteiger partial charge in [-0.2, -0.15) is 0 Å². The van der Waals surface area contributed by atoms with Crippen molar-refractivity contribution in [2.24, 2.45) is 0 Å². The molecule has 3 heterocycles. The summed E-state index contributed by atoms with van der Waals surface area (Å²) in [6.07, 6.45) is -3.57. The maximum Gasteiger partial charge on any atom is 0.336 e. The second-order valence-corrected chi connectivity index (χ2v) is 11.8. The van der Waals surface area contributed by atoms with E-state index in [4.69, 9.17) is 9.47 Å². The molecule has 0 saturated carbocycles. The summed E-state index contributed by atoms with van der Waals surface area (Å²) in [6, 6.07) is 5.22. The van der Waals surface area contributed by atoms with E-state index >= 15 is 0 Å². The normalized spacial score (nSPS) is 26.9. The van der Waals surface area contributed by atoms with E-state index in [2.05, 4.69) is 15.6 Å². The molecule has 0 bridgehead atoms. The molecule has 0 spiro atoms. The molecule has 14 heteroatoms. The summed E-state index contributed by atoms with van der Waals surface area (Å²) >= 11 is 0. The third-order valence-electron chi connectivity index (χ3n) is 8.50. The summed E-state index contributed by atoms with van der Waals surface area (Å²) in [5.41, 5.74) is 0.118. The molecule has 1 unspecified atom stereocenters. The number of phenols is 1. The number of carboxylic acid groups (broad SMARTS) is 1. The van der Waals surface area contributed by atoms with Gasteiger partial charge in [-0.15, -0.1) is 0 Å². The number of phenolic OH excluding ortho intramolecular Hbond substituents is 1. The second kappa shape index (κ2) is 14.6. The smallest absolute Gasteiger partial charge is 0.336 e. The zero-order valence-corrected chi connectivity index (χ0v) is 25.5. The first kappa shape index (κ1) is 34.2. The molecule has 246 valence electrons. The minimum absolute atomic E-state index is 0.0575. The number of aliphatic carboxylic acids is 1. The molecule has 2 aliphatic rings. The van der Waals surface area contributed by atoms with E-state index in [0.29, 0.717) is 30.9 Å². The first-order chi connectivity index (χ1) is 21.3. The molecule has 14 nitrogen and oxygen atoms in total. The van der Waals surface area contributed by atoms with Crippen molar-refractivity contribution in [3.8, 4) is 5.75 Å². The number of carboxylic acids is 1. The van der Waals surface area contributed by atoms with E-state index in [1.165, 1.54) is 19.1 Å². The van der Waals surface area contributed by atoms with E-state index in [1.54, 1.807) is 32.3 Å². The lowest BCUT2D eigenvalue weighted by Crippen LogP contribution is -2.67. The van der Waals surface area contributed by atoms with Crippen molar-refractivity contribution in [3.63, 3.8) is 0 Å². The quantitative estimate of drug-likeness (QED) is 0.172. The van der Waals surface area contributed by atoms with E-state index in [0.717, 1.165) is 5.56 Å². The predicted molar refractivity (Wildman–Crippen MR) is 159 cm³/mol. The number of rotatable bonds is 11. The highest BCUT2D eigenvalue weighted by molar-refractivity contribution is 5.94. The van der Waals surface area contributed by atoms with Gasteiger partial charge in [-0.1, -0.05) is 6.07 Å². The van der Waals surface area contributed by atoms with Gasteiger partial charge >= 0.3 is 5.97 Å². The maximum atomic E-state index is 12.8. The highest BCUT2D eigenvalue weighted by Crippen LogP contribution is 2.36. The summed E-state index contributed by atoms with van der Waals surface area (Å²) in [4.78, 5) is 43.8. The van der Waals surface area contributed by atoms with Crippen LogP contribution in [0, 0.1) is 13.8 Å². The fourth-order valence-electron chi connectivity index (χ4n) is 6.00. The zero-order valence-electron chi connectivity index (χ0n) is 25.5. The van der Waals surface area contributed by atoms with Crippen molar-refractivity contribution in [2.75, 3.05) is 32.8 Å². The Kier molecular flexibility index (Phi) is 11.1. The number of pyridine rings is 1. The molecular weight excluding hydrogens is 588 g/mol. The predicted octanol–water partition coefficient (Wildman–Crippen LogP) is -0.203. The van der Waals surface area contributed by atoms with Crippen LogP contribution < -0.4 is 10.6 Å². The number of aliphatic hydroxyl groups is 3. The van der Waals surface area contributed by atoms with E-state index in [1.807, 2.05) is 11.0 Å². The number of morpholine rings is 1. The molecule has 2 fully saturated rings. The highest BCUT2D eigenvalue weighted by Gasteiger charge is 2.54. The molecule has 0 aliphatic carbocycles. The Bertz CT molecular complexity index is 1340. The van der Waals surface area contributed by atoms with Gasteiger partial charge in [0.2, 0.25) is 5.91 Å². The van der Waals surface area contributed by atoms with Crippen molar-refractivity contribution < 1.29 is 49.4 Å². The van der Waals surface area contributed by atoms with Crippen LogP contribution in [0.5, 0.6) is 5.75 Å². The minimum atomic E-state index is -1.97. The van der Waals surface area contributed by atoms with Crippen LogP contribution in [0.2, 0.25) is 0 Å². The van der Waals surface area contributed by atoms with Gasteiger partial charge in [0, 0.05) is 57.4 Å². The number of amides is 2. The van der Waals surface area contributed by atoms with Gasteiger partial charge in [0.1, 0.15) is 18.0 Å². The summed E-state index contributed by atoms with van der Waals surface area (Å²) in [6.45, 7) is 5.58. The Balaban J connectivity index is 1.51. The Morgan fingerprint density at radius 3 is 2.53 bits per heavy atom. The molecule has 2 aromatic rings. The number of aromatic nitrogens is 1. The minimum Gasteiger partial charge on any atom is -0.507 e. The molecule has 2 amide bonds. The molecule has 7 N–H and O–H groups in total. The Labute approximate surface area is 261 Å². The van der Waals surface area contributed by atoms with Crippen molar-refractivity contribution in [1.82, 2.24) is 20.5 Å². The highest BCUT2D eigenvalue weighted by atomic mass is 16.6. The van der Waals surface area contributed by atoms with Crippen LogP contribution in [0.25, 0.3) is 0 Å². The first-order valence-electron chi connectivity index (χ1n) is 14.9. The fourth-order valence-corrected chi connectivity index (χ4v) is 6.00. The molecule has 45 heavy (non-hydrogen) atoms. The second-order valence-electron chi connectivity index (χ2n) is 11.8. The van der Waals surface area contributed by atoms with Gasteiger partial charge in [-0.3, -0.25) is 19.5 Å². The first-order valence-corrected chi connectivity index (χ1v) is 14.9. The number of aliphatic hydroxyl groups excluding tert-OH is 3. The standard InChI is InChI=1S/C31H42N4O10/c1-17-11-21(12-18(2)26(17)39)29(41)33-15-24(38)27(40)28-25(34-19(3)36)23(37)13-31(45-28,30(42)43)6-8-35-9-10-44-16-22(35)20-5-4-7-32-14-20/h4-5,7,11-12,14,22-25,27-28,37-40H,6,8-10,13,15-16H2,1-3H3,(H,33,41)(H,34,36)(H,42,43)/t22?,23-,24+,25+,27+,28+,31+/m0/s1. The van der Waals surface area contributed by atoms with Crippen LogP contribution in [-0.2, 0) is 19.1 Å². The summed E-state index contributed by atoms with van der Waals surface area (Å²) in [5.74, 6) is -2.45. The molecule has 7 atom stereocenters. The van der Waals surface area contributed by atoms with Gasteiger partial charge in [-0.05, 0) is 48.7 Å². The number of ether oxygens (including phenoxy) is 2. The Hall–Kier alpha value is -3.66. The number of aryl methyl sites for hydroxylation is 2. The monoisotopic (exact) mass is 630 g/mol.